The molecule has 0 radical (unpaired) electrons. The Morgan fingerprint density at radius 3 is 2.71 bits per heavy atom. The Morgan fingerprint density at radius 2 is 2.10 bits per heavy atom. The summed E-state index contributed by atoms with van der Waals surface area (Å²) in [4.78, 5) is 26.5. The second-order valence-corrected chi connectivity index (χ2v) is 5.33. The number of carbonyl (C=O) groups excluding carboxylic acids is 2. The average molecular weight is 293 g/mol. The molecule has 1 heterocycles. The summed E-state index contributed by atoms with van der Waals surface area (Å²) in [6.45, 7) is 5.64. The lowest BCUT2D eigenvalue weighted by molar-refractivity contribution is -0.147. The van der Waals surface area contributed by atoms with E-state index in [1.807, 2.05) is 0 Å². The highest BCUT2D eigenvalue weighted by Gasteiger charge is 2.30. The molecule has 5 heteroatoms. The highest BCUT2D eigenvalue weighted by molar-refractivity contribution is 5.90. The van der Waals surface area contributed by atoms with Crippen LogP contribution in [0.2, 0.25) is 0 Å². The van der Waals surface area contributed by atoms with E-state index < -0.39 is 0 Å². The Labute approximate surface area is 125 Å². The van der Waals surface area contributed by atoms with E-state index in [9.17, 15) is 9.59 Å². The van der Waals surface area contributed by atoms with E-state index in [2.05, 4.69) is 11.9 Å². The molecule has 2 rings (SSSR count). The fourth-order valence-corrected chi connectivity index (χ4v) is 2.99. The summed E-state index contributed by atoms with van der Waals surface area (Å²) >= 11 is 0. The minimum Gasteiger partial charge on any atom is -0.461 e. The molecule has 0 amide bonds. The molecule has 5 nitrogen and oxygen atoms in total. The maximum absolute atomic E-state index is 12.1. The van der Waals surface area contributed by atoms with Crippen molar-refractivity contribution >= 4 is 11.9 Å². The SMILES string of the molecule is CCCc1c(C(=O)OCC)[nH]c2c1CCCC2OC(C)=O. The van der Waals surface area contributed by atoms with Gasteiger partial charge >= 0.3 is 11.9 Å². The molecule has 0 aliphatic heterocycles. The molecule has 1 unspecified atom stereocenters. The molecular formula is C16H23NO4. The Morgan fingerprint density at radius 1 is 1.33 bits per heavy atom. The molecule has 1 aliphatic carbocycles. The van der Waals surface area contributed by atoms with Crippen molar-refractivity contribution < 1.29 is 19.1 Å². The molecule has 1 aromatic rings. The molecule has 0 aromatic carbocycles. The molecule has 0 bridgehead atoms. The van der Waals surface area contributed by atoms with Gasteiger partial charge in [-0.15, -0.1) is 0 Å². The van der Waals surface area contributed by atoms with Crippen molar-refractivity contribution in [1.29, 1.82) is 0 Å². The van der Waals surface area contributed by atoms with E-state index in [0.29, 0.717) is 12.3 Å². The lowest BCUT2D eigenvalue weighted by Crippen LogP contribution is -2.15. The molecule has 0 spiro atoms. The van der Waals surface area contributed by atoms with Crippen molar-refractivity contribution in [2.24, 2.45) is 0 Å². The van der Waals surface area contributed by atoms with Crippen LogP contribution in [0.5, 0.6) is 0 Å². The summed E-state index contributed by atoms with van der Waals surface area (Å²) in [7, 11) is 0. The van der Waals surface area contributed by atoms with Gasteiger partial charge in [-0.3, -0.25) is 4.79 Å². The van der Waals surface area contributed by atoms with Crippen LogP contribution in [0.15, 0.2) is 0 Å². The van der Waals surface area contributed by atoms with Gasteiger partial charge in [0.1, 0.15) is 11.8 Å². The molecule has 21 heavy (non-hydrogen) atoms. The maximum Gasteiger partial charge on any atom is 0.355 e. The monoisotopic (exact) mass is 293 g/mol. The number of carbonyl (C=O) groups is 2. The van der Waals surface area contributed by atoms with Crippen LogP contribution >= 0.6 is 0 Å². The van der Waals surface area contributed by atoms with Crippen molar-refractivity contribution in [2.45, 2.75) is 59.0 Å². The number of nitrogens with one attached hydrogen (secondary N) is 1. The Bertz CT molecular complexity index is 533. The van der Waals surface area contributed by atoms with Crippen molar-refractivity contribution in [3.05, 3.63) is 22.5 Å². The fraction of sp³-hybridized carbons (Fsp3) is 0.625. The maximum atomic E-state index is 12.1. The van der Waals surface area contributed by atoms with Crippen molar-refractivity contribution in [3.63, 3.8) is 0 Å². The van der Waals surface area contributed by atoms with Gasteiger partial charge in [0.2, 0.25) is 0 Å². The van der Waals surface area contributed by atoms with Crippen LogP contribution in [-0.2, 0) is 27.1 Å². The average Bonchev–Trinajstić information content (AvgIpc) is 2.79. The van der Waals surface area contributed by atoms with E-state index in [4.69, 9.17) is 9.47 Å². The Hall–Kier alpha value is -1.78. The third-order valence-corrected chi connectivity index (χ3v) is 3.75. The second-order valence-electron chi connectivity index (χ2n) is 5.33. The molecule has 1 aliphatic rings. The van der Waals surface area contributed by atoms with Crippen molar-refractivity contribution in [2.75, 3.05) is 6.61 Å². The van der Waals surface area contributed by atoms with Crippen LogP contribution in [0, 0.1) is 0 Å². The number of hydrogen-bond donors (Lipinski definition) is 1. The number of rotatable bonds is 5. The normalized spacial score (nSPS) is 17.2. The first-order chi connectivity index (χ1) is 10.1. The Balaban J connectivity index is 2.41. The number of aromatic amines is 1. The number of aromatic nitrogens is 1. The number of H-pyrrole nitrogens is 1. The van der Waals surface area contributed by atoms with E-state index in [1.54, 1.807) is 6.92 Å². The van der Waals surface area contributed by atoms with Gasteiger partial charge in [0.25, 0.3) is 0 Å². The summed E-state index contributed by atoms with van der Waals surface area (Å²) in [6, 6.07) is 0. The van der Waals surface area contributed by atoms with Gasteiger partial charge in [0, 0.05) is 6.92 Å². The van der Waals surface area contributed by atoms with Gasteiger partial charge in [-0.05, 0) is 43.7 Å². The molecule has 1 aromatic heterocycles. The third-order valence-electron chi connectivity index (χ3n) is 3.75. The largest absolute Gasteiger partial charge is 0.461 e. The van der Waals surface area contributed by atoms with E-state index in [1.165, 1.54) is 6.92 Å². The van der Waals surface area contributed by atoms with Crippen molar-refractivity contribution in [1.82, 2.24) is 4.98 Å². The van der Waals surface area contributed by atoms with E-state index in [0.717, 1.165) is 48.9 Å². The number of fused-ring (bicyclic) bond motifs is 1. The smallest absolute Gasteiger partial charge is 0.355 e. The van der Waals surface area contributed by atoms with Gasteiger partial charge in [-0.25, -0.2) is 4.79 Å². The molecule has 0 fully saturated rings. The fourth-order valence-electron chi connectivity index (χ4n) is 2.99. The first kappa shape index (κ1) is 15.6. The van der Waals surface area contributed by atoms with Crippen LogP contribution in [0.1, 0.15) is 73.4 Å². The lowest BCUT2D eigenvalue weighted by atomic mass is 9.91. The summed E-state index contributed by atoms with van der Waals surface area (Å²) in [5, 5.41) is 0. The molecule has 0 saturated heterocycles. The summed E-state index contributed by atoms with van der Waals surface area (Å²) in [5.74, 6) is -0.617. The van der Waals surface area contributed by atoms with Gasteiger partial charge in [-0.1, -0.05) is 13.3 Å². The summed E-state index contributed by atoms with van der Waals surface area (Å²) in [5.41, 5.74) is 3.57. The van der Waals surface area contributed by atoms with Gasteiger partial charge in [0.15, 0.2) is 0 Å². The third kappa shape index (κ3) is 3.28. The second kappa shape index (κ2) is 6.78. The van der Waals surface area contributed by atoms with Crippen LogP contribution in [-0.4, -0.2) is 23.5 Å². The van der Waals surface area contributed by atoms with E-state index in [-0.39, 0.29) is 18.0 Å². The minimum atomic E-state index is -0.322. The quantitative estimate of drug-likeness (QED) is 0.847. The zero-order valence-electron chi connectivity index (χ0n) is 13.0. The van der Waals surface area contributed by atoms with Gasteiger partial charge in [0.05, 0.1) is 12.3 Å². The first-order valence-corrected chi connectivity index (χ1v) is 7.66. The summed E-state index contributed by atoms with van der Waals surface area (Å²) < 4.78 is 10.5. The van der Waals surface area contributed by atoms with Crippen LogP contribution < -0.4 is 0 Å². The molecule has 116 valence electrons. The van der Waals surface area contributed by atoms with Gasteiger partial charge < -0.3 is 14.5 Å². The number of ether oxygens (including phenoxy) is 2. The summed E-state index contributed by atoms with van der Waals surface area (Å²) in [6.07, 6.45) is 4.17. The topological polar surface area (TPSA) is 68.4 Å². The van der Waals surface area contributed by atoms with Crippen LogP contribution in [0.25, 0.3) is 0 Å². The molecule has 1 atom stereocenters. The zero-order chi connectivity index (χ0) is 15.4. The lowest BCUT2D eigenvalue weighted by Gasteiger charge is -2.22. The van der Waals surface area contributed by atoms with Crippen LogP contribution in [0.3, 0.4) is 0 Å². The molecular weight excluding hydrogens is 270 g/mol. The zero-order valence-corrected chi connectivity index (χ0v) is 13.0. The molecule has 1 N–H and O–H groups in total. The highest BCUT2D eigenvalue weighted by Crippen LogP contribution is 2.36. The highest BCUT2D eigenvalue weighted by atomic mass is 16.5. The van der Waals surface area contributed by atoms with Crippen LogP contribution in [0.4, 0.5) is 0 Å². The standard InChI is InChI=1S/C16H23NO4/c1-4-7-11-12-8-6-9-13(21-10(3)18)14(12)17-15(11)16(19)20-5-2/h13,17H,4-9H2,1-3H3. The number of esters is 2. The van der Waals surface area contributed by atoms with Gasteiger partial charge in [-0.2, -0.15) is 0 Å². The predicted octanol–water partition coefficient (Wildman–Crippen LogP) is 3.08. The first-order valence-electron chi connectivity index (χ1n) is 7.66. The van der Waals surface area contributed by atoms with E-state index >= 15 is 0 Å². The minimum absolute atomic E-state index is 0.273. The number of hydrogen-bond acceptors (Lipinski definition) is 4. The van der Waals surface area contributed by atoms with Crippen molar-refractivity contribution in [3.8, 4) is 0 Å². The molecule has 0 saturated carbocycles. The predicted molar refractivity (Wildman–Crippen MR) is 78.2 cm³/mol. The Kier molecular flexibility index (Phi) is 5.04.